The van der Waals surface area contributed by atoms with E-state index in [1.165, 1.54) is 60.0 Å². The number of hydrogen-bond donors (Lipinski definition) is 1. The first kappa shape index (κ1) is 30.9. The molecule has 3 heterocycles. The number of halogens is 3. The summed E-state index contributed by atoms with van der Waals surface area (Å²) >= 11 is 6.05. The van der Waals surface area contributed by atoms with E-state index in [9.17, 15) is 27.1 Å². The zero-order valence-electron chi connectivity index (χ0n) is 24.3. The van der Waals surface area contributed by atoms with E-state index in [0.29, 0.717) is 56.3 Å². The van der Waals surface area contributed by atoms with E-state index in [0.717, 1.165) is 32.0 Å². The predicted octanol–water partition coefficient (Wildman–Crippen LogP) is 5.52. The first-order valence-corrected chi connectivity index (χ1v) is 17.4. The Morgan fingerprint density at radius 1 is 0.884 bits per heavy atom. The van der Waals surface area contributed by atoms with Crippen molar-refractivity contribution in [1.29, 1.82) is 0 Å². The molecule has 0 radical (unpaired) electrons. The summed E-state index contributed by atoms with van der Waals surface area (Å²) in [6, 6.07) is 7.80. The number of aliphatic hydroxyl groups excluding tert-OH is 1. The fourth-order valence-electron chi connectivity index (χ4n) is 7.75. The lowest BCUT2D eigenvalue weighted by Gasteiger charge is -2.47. The molecule has 7 nitrogen and oxygen atoms in total. The van der Waals surface area contributed by atoms with Gasteiger partial charge >= 0.3 is 0 Å². The molecule has 11 heteroatoms. The molecule has 1 saturated carbocycles. The second kappa shape index (κ2) is 12.4. The van der Waals surface area contributed by atoms with Gasteiger partial charge in [-0.3, -0.25) is 4.79 Å². The molecule has 1 N–H and O–H groups in total. The molecule has 0 spiro atoms. The standard InChI is InChI=1S/C32H40ClF2N3O4S/c33-23-7-9-27(10-8-23)43(41,42)38-28(22-19-24(34)21-25(35)20-22)5-4-6-29(38)32(13-14-32)30(39)31(40)37-17-11-26(12-18-37)36-15-2-1-3-16-36/h7-10,19-21,26,28-30,39H,1-6,11-18H2/t28-,29+,30?/m0/s1. The van der Waals surface area contributed by atoms with Crippen molar-refractivity contribution in [2.45, 2.75) is 93.3 Å². The fourth-order valence-corrected chi connectivity index (χ4v) is 9.81. The number of aliphatic hydroxyl groups is 1. The van der Waals surface area contributed by atoms with Crippen LogP contribution in [0, 0.1) is 17.0 Å². The summed E-state index contributed by atoms with van der Waals surface area (Å²) in [5.74, 6) is -1.92. The number of amides is 1. The summed E-state index contributed by atoms with van der Waals surface area (Å²) in [4.78, 5) is 18.1. The molecule has 2 aromatic rings. The Morgan fingerprint density at radius 2 is 1.51 bits per heavy atom. The molecule has 6 rings (SSSR count). The second-order valence-electron chi connectivity index (χ2n) is 12.7. The second-order valence-corrected chi connectivity index (χ2v) is 15.0. The smallest absolute Gasteiger partial charge is 0.252 e. The van der Waals surface area contributed by atoms with Crippen molar-refractivity contribution in [1.82, 2.24) is 14.1 Å². The van der Waals surface area contributed by atoms with E-state index in [4.69, 9.17) is 11.6 Å². The highest BCUT2D eigenvalue weighted by Gasteiger charge is 2.62. The van der Waals surface area contributed by atoms with Crippen LogP contribution in [0.15, 0.2) is 47.4 Å². The van der Waals surface area contributed by atoms with Crippen LogP contribution in [0.3, 0.4) is 0 Å². The molecule has 3 saturated heterocycles. The molecule has 3 aliphatic heterocycles. The Morgan fingerprint density at radius 3 is 2.12 bits per heavy atom. The number of sulfonamides is 1. The maximum Gasteiger partial charge on any atom is 0.252 e. The molecule has 2 aromatic carbocycles. The van der Waals surface area contributed by atoms with Crippen molar-refractivity contribution in [2.75, 3.05) is 26.2 Å². The Balaban J connectivity index is 1.28. The van der Waals surface area contributed by atoms with Crippen LogP contribution >= 0.6 is 11.6 Å². The van der Waals surface area contributed by atoms with Gasteiger partial charge in [0.25, 0.3) is 5.91 Å². The third kappa shape index (κ3) is 6.10. The maximum absolute atomic E-state index is 14.4. The topological polar surface area (TPSA) is 81.2 Å². The number of hydrogen-bond acceptors (Lipinski definition) is 5. The molecule has 43 heavy (non-hydrogen) atoms. The summed E-state index contributed by atoms with van der Waals surface area (Å²) in [7, 11) is -4.21. The summed E-state index contributed by atoms with van der Waals surface area (Å²) in [5.41, 5.74) is -0.749. The molecular weight excluding hydrogens is 596 g/mol. The van der Waals surface area contributed by atoms with Gasteiger partial charge in [0.05, 0.1) is 10.9 Å². The van der Waals surface area contributed by atoms with Gasteiger partial charge in [-0.25, -0.2) is 17.2 Å². The third-order valence-electron chi connectivity index (χ3n) is 10.2. The average Bonchev–Trinajstić information content (AvgIpc) is 3.82. The monoisotopic (exact) mass is 635 g/mol. The summed E-state index contributed by atoms with van der Waals surface area (Å²) in [5, 5.41) is 12.1. The van der Waals surface area contributed by atoms with Gasteiger partial charge in [-0.05, 0) is 113 Å². The third-order valence-corrected chi connectivity index (χ3v) is 12.4. The van der Waals surface area contributed by atoms with Gasteiger partial charge in [0.15, 0.2) is 0 Å². The SMILES string of the molecule is O=C(C(O)C1([C@H]2CCC[C@@H](c3cc(F)cc(F)c3)N2S(=O)(=O)c2ccc(Cl)cc2)CC1)N1CCC(N2CCCCC2)CC1. The minimum atomic E-state index is -4.21. The van der Waals surface area contributed by atoms with Gasteiger partial charge in [-0.15, -0.1) is 0 Å². The van der Waals surface area contributed by atoms with Crippen molar-refractivity contribution < 1.29 is 27.1 Å². The molecule has 1 amide bonds. The largest absolute Gasteiger partial charge is 0.383 e. The van der Waals surface area contributed by atoms with Gasteiger partial charge in [0.2, 0.25) is 10.0 Å². The van der Waals surface area contributed by atoms with Crippen molar-refractivity contribution in [3.8, 4) is 0 Å². The summed E-state index contributed by atoms with van der Waals surface area (Å²) in [6.45, 7) is 3.33. The zero-order valence-corrected chi connectivity index (χ0v) is 25.9. The van der Waals surface area contributed by atoms with Gasteiger partial charge in [0, 0.05) is 41.7 Å². The van der Waals surface area contributed by atoms with E-state index in [-0.39, 0.29) is 16.4 Å². The molecule has 3 atom stereocenters. The molecule has 4 aliphatic rings. The Bertz CT molecular complexity index is 1400. The average molecular weight is 636 g/mol. The minimum Gasteiger partial charge on any atom is -0.383 e. The van der Waals surface area contributed by atoms with E-state index in [1.807, 2.05) is 0 Å². The van der Waals surface area contributed by atoms with E-state index >= 15 is 0 Å². The molecule has 0 bridgehead atoms. The fraction of sp³-hybridized carbons (Fsp3) is 0.594. The number of piperidine rings is 3. The number of rotatable bonds is 7. The number of nitrogens with zero attached hydrogens (tertiary/aromatic N) is 3. The van der Waals surface area contributed by atoms with Gasteiger partial charge in [-0.1, -0.05) is 18.0 Å². The highest BCUT2D eigenvalue weighted by atomic mass is 35.5. The number of carbonyl (C=O) groups excluding carboxylic acids is 1. The molecule has 4 fully saturated rings. The van der Waals surface area contributed by atoms with Crippen molar-refractivity contribution in [2.24, 2.45) is 5.41 Å². The number of benzene rings is 2. The van der Waals surface area contributed by atoms with Crippen LogP contribution in [0.2, 0.25) is 5.02 Å². The Labute approximate surface area is 257 Å². The van der Waals surface area contributed by atoms with Gasteiger partial charge in [-0.2, -0.15) is 4.31 Å². The molecule has 234 valence electrons. The number of carbonyl (C=O) groups is 1. The van der Waals surface area contributed by atoms with Crippen molar-refractivity contribution in [3.05, 3.63) is 64.7 Å². The van der Waals surface area contributed by atoms with Crippen molar-refractivity contribution in [3.63, 3.8) is 0 Å². The maximum atomic E-state index is 14.4. The zero-order chi connectivity index (χ0) is 30.4. The number of likely N-dealkylation sites (tertiary alicyclic amines) is 2. The van der Waals surface area contributed by atoms with Gasteiger partial charge < -0.3 is 14.9 Å². The Kier molecular flexibility index (Phi) is 8.87. The van der Waals surface area contributed by atoms with Crippen LogP contribution in [0.25, 0.3) is 0 Å². The van der Waals surface area contributed by atoms with Crippen molar-refractivity contribution >= 4 is 27.5 Å². The normalized spacial score (nSPS) is 26.3. The first-order chi connectivity index (χ1) is 20.6. The molecule has 0 aromatic heterocycles. The van der Waals surface area contributed by atoms with E-state index < -0.39 is 45.3 Å². The first-order valence-electron chi connectivity index (χ1n) is 15.6. The molecule has 1 unspecified atom stereocenters. The lowest BCUT2D eigenvalue weighted by molar-refractivity contribution is -0.148. The van der Waals surface area contributed by atoms with Crippen LogP contribution in [0.1, 0.15) is 75.8 Å². The van der Waals surface area contributed by atoms with Crippen LogP contribution in [0.4, 0.5) is 8.78 Å². The summed E-state index contributed by atoms with van der Waals surface area (Å²) in [6.07, 6.45) is 6.40. The van der Waals surface area contributed by atoms with Crippen LogP contribution in [-0.4, -0.2) is 77.9 Å². The van der Waals surface area contributed by atoms with E-state index in [1.54, 1.807) is 4.90 Å². The molecular formula is C32H40ClF2N3O4S. The predicted molar refractivity (Wildman–Crippen MR) is 160 cm³/mol. The quantitative estimate of drug-likeness (QED) is 0.433. The molecule has 1 aliphatic carbocycles. The van der Waals surface area contributed by atoms with Crippen LogP contribution in [0.5, 0.6) is 0 Å². The summed E-state index contributed by atoms with van der Waals surface area (Å²) < 4.78 is 58.8. The lowest BCUT2D eigenvalue weighted by atomic mass is 9.81. The minimum absolute atomic E-state index is 0.00192. The Hall–Kier alpha value is -2.11. The lowest BCUT2D eigenvalue weighted by Crippen LogP contribution is -2.57. The highest BCUT2D eigenvalue weighted by molar-refractivity contribution is 7.89. The van der Waals surface area contributed by atoms with E-state index in [2.05, 4.69) is 4.90 Å². The van der Waals surface area contributed by atoms with Crippen LogP contribution in [-0.2, 0) is 14.8 Å². The van der Waals surface area contributed by atoms with Crippen LogP contribution < -0.4 is 0 Å². The van der Waals surface area contributed by atoms with Gasteiger partial charge in [0.1, 0.15) is 17.7 Å². The highest BCUT2D eigenvalue weighted by Crippen LogP contribution is 2.59.